The Kier molecular flexibility index (Phi) is 3.07. The summed E-state index contributed by atoms with van der Waals surface area (Å²) in [5, 5.41) is 19.1. The van der Waals surface area contributed by atoms with E-state index in [4.69, 9.17) is 0 Å². The van der Waals surface area contributed by atoms with Crippen molar-refractivity contribution in [3.63, 3.8) is 0 Å². The lowest BCUT2D eigenvalue weighted by atomic mass is 9.85. The first-order chi connectivity index (χ1) is 7.98. The van der Waals surface area contributed by atoms with E-state index in [1.165, 1.54) is 11.1 Å². The molecule has 1 aromatic carbocycles. The van der Waals surface area contributed by atoms with E-state index in [0.717, 1.165) is 0 Å². The van der Waals surface area contributed by atoms with Crippen molar-refractivity contribution >= 4 is 0 Å². The van der Waals surface area contributed by atoms with Gasteiger partial charge in [-0.15, -0.1) is 0 Å². The van der Waals surface area contributed by atoms with Crippen molar-refractivity contribution in [2.24, 2.45) is 0 Å². The number of benzene rings is 1. The number of aliphatic hydroxyl groups is 1. The molecule has 0 saturated carbocycles. The summed E-state index contributed by atoms with van der Waals surface area (Å²) >= 11 is 0. The molecule has 0 amide bonds. The molecule has 0 aliphatic heterocycles. The van der Waals surface area contributed by atoms with Crippen LogP contribution in [0.4, 0.5) is 0 Å². The number of hydrogen-bond donors (Lipinski definition) is 2. The zero-order valence-corrected chi connectivity index (χ0v) is 10.2. The first kappa shape index (κ1) is 11.9. The molecular formula is C15H18O2. The van der Waals surface area contributed by atoms with Gasteiger partial charge in [0, 0.05) is 5.92 Å². The topological polar surface area (TPSA) is 40.5 Å². The smallest absolute Gasteiger partial charge is 0.115 e. The van der Waals surface area contributed by atoms with E-state index < -0.39 is 5.60 Å². The molecule has 2 rings (SSSR count). The Morgan fingerprint density at radius 3 is 2.41 bits per heavy atom. The van der Waals surface area contributed by atoms with Crippen LogP contribution < -0.4 is 0 Å². The van der Waals surface area contributed by atoms with Gasteiger partial charge in [-0.2, -0.15) is 0 Å². The summed E-state index contributed by atoms with van der Waals surface area (Å²) in [6.45, 7) is 3.94. The van der Waals surface area contributed by atoms with Crippen molar-refractivity contribution in [3.8, 4) is 5.75 Å². The summed E-state index contributed by atoms with van der Waals surface area (Å²) in [6.07, 6.45) is 6.57. The van der Waals surface area contributed by atoms with Crippen LogP contribution in [-0.2, 0) is 0 Å². The fourth-order valence-electron chi connectivity index (χ4n) is 2.01. The summed E-state index contributed by atoms with van der Waals surface area (Å²) in [7, 11) is 0. The van der Waals surface area contributed by atoms with Crippen LogP contribution in [0.15, 0.2) is 48.1 Å². The molecule has 2 nitrogen and oxygen atoms in total. The van der Waals surface area contributed by atoms with Crippen LogP contribution in [0, 0.1) is 0 Å². The van der Waals surface area contributed by atoms with Crippen LogP contribution in [0.2, 0.25) is 0 Å². The van der Waals surface area contributed by atoms with E-state index in [2.05, 4.69) is 13.0 Å². The Bertz CT molecular complexity index is 452. The molecule has 0 saturated heterocycles. The van der Waals surface area contributed by atoms with Gasteiger partial charge in [0.15, 0.2) is 0 Å². The average Bonchev–Trinajstić information content (AvgIpc) is 2.29. The number of phenolic OH excluding ortho intramolecular Hbond substituents is 1. The van der Waals surface area contributed by atoms with E-state index in [1.54, 1.807) is 12.1 Å². The lowest BCUT2D eigenvalue weighted by Crippen LogP contribution is -2.22. The molecule has 17 heavy (non-hydrogen) atoms. The van der Waals surface area contributed by atoms with E-state index in [0.29, 0.717) is 6.42 Å². The molecule has 0 bridgehead atoms. The van der Waals surface area contributed by atoms with Gasteiger partial charge >= 0.3 is 0 Å². The number of aromatic hydroxyl groups is 1. The molecule has 2 heteroatoms. The van der Waals surface area contributed by atoms with Crippen molar-refractivity contribution in [1.29, 1.82) is 0 Å². The Labute approximate surface area is 102 Å². The van der Waals surface area contributed by atoms with E-state index in [-0.39, 0.29) is 11.7 Å². The van der Waals surface area contributed by atoms with E-state index in [9.17, 15) is 10.2 Å². The molecule has 0 spiro atoms. The second-order valence-corrected chi connectivity index (χ2v) is 4.91. The average molecular weight is 230 g/mol. The van der Waals surface area contributed by atoms with Crippen LogP contribution in [0.25, 0.3) is 0 Å². The Morgan fingerprint density at radius 1 is 1.24 bits per heavy atom. The van der Waals surface area contributed by atoms with Crippen molar-refractivity contribution < 1.29 is 10.2 Å². The molecule has 90 valence electrons. The molecule has 0 aromatic heterocycles. The highest BCUT2D eigenvalue weighted by atomic mass is 16.3. The van der Waals surface area contributed by atoms with Crippen molar-refractivity contribution in [1.82, 2.24) is 0 Å². The highest BCUT2D eigenvalue weighted by Crippen LogP contribution is 2.31. The van der Waals surface area contributed by atoms with E-state index in [1.807, 2.05) is 31.2 Å². The fourth-order valence-corrected chi connectivity index (χ4v) is 2.01. The first-order valence-electron chi connectivity index (χ1n) is 5.88. The number of allylic oxidation sites excluding steroid dienone is 2. The van der Waals surface area contributed by atoms with Crippen LogP contribution in [0.5, 0.6) is 5.75 Å². The molecule has 2 atom stereocenters. The number of phenols is 1. The SMILES string of the molecule is CC(C1=CCC(C)(O)C=C1)c1ccc(O)cc1. The second-order valence-electron chi connectivity index (χ2n) is 4.91. The normalized spacial score (nSPS) is 25.5. The minimum absolute atomic E-state index is 0.281. The summed E-state index contributed by atoms with van der Waals surface area (Å²) in [6, 6.07) is 7.27. The van der Waals surface area contributed by atoms with Gasteiger partial charge in [-0.05, 0) is 36.6 Å². The molecule has 0 fully saturated rings. The lowest BCUT2D eigenvalue weighted by Gasteiger charge is -2.24. The van der Waals surface area contributed by atoms with Crippen molar-refractivity contribution in [2.45, 2.75) is 31.8 Å². The Hall–Kier alpha value is -1.54. The molecule has 0 heterocycles. The van der Waals surface area contributed by atoms with Crippen LogP contribution in [-0.4, -0.2) is 15.8 Å². The highest BCUT2D eigenvalue weighted by molar-refractivity contribution is 5.39. The van der Waals surface area contributed by atoms with Crippen molar-refractivity contribution in [3.05, 3.63) is 53.6 Å². The van der Waals surface area contributed by atoms with Gasteiger partial charge in [-0.25, -0.2) is 0 Å². The summed E-state index contributed by atoms with van der Waals surface area (Å²) < 4.78 is 0. The minimum Gasteiger partial charge on any atom is -0.508 e. The van der Waals surface area contributed by atoms with Gasteiger partial charge in [-0.1, -0.05) is 37.3 Å². The maximum Gasteiger partial charge on any atom is 0.115 e. The van der Waals surface area contributed by atoms with Crippen LogP contribution in [0.3, 0.4) is 0 Å². The second kappa shape index (κ2) is 4.38. The summed E-state index contributed by atoms with van der Waals surface area (Å²) in [5.74, 6) is 0.569. The third kappa shape index (κ3) is 2.77. The fraction of sp³-hybridized carbons (Fsp3) is 0.333. The van der Waals surface area contributed by atoms with E-state index >= 15 is 0 Å². The van der Waals surface area contributed by atoms with Gasteiger partial charge in [0.05, 0.1) is 5.60 Å². The predicted molar refractivity (Wildman–Crippen MR) is 69.0 cm³/mol. The molecule has 1 aliphatic carbocycles. The van der Waals surface area contributed by atoms with Crippen molar-refractivity contribution in [2.75, 3.05) is 0 Å². The molecule has 1 aliphatic rings. The summed E-state index contributed by atoms with van der Waals surface area (Å²) in [5.41, 5.74) is 1.67. The maximum absolute atomic E-state index is 9.82. The standard InChI is InChI=1S/C15H18O2/c1-11(12-3-5-14(16)6-4-12)13-7-9-15(2,17)10-8-13/h3-9,11,16-17H,10H2,1-2H3. The predicted octanol–water partition coefficient (Wildman–Crippen LogP) is 3.13. The molecule has 0 radical (unpaired) electrons. The maximum atomic E-state index is 9.82. The number of hydrogen-bond acceptors (Lipinski definition) is 2. The number of rotatable bonds is 2. The summed E-state index contributed by atoms with van der Waals surface area (Å²) in [4.78, 5) is 0. The molecule has 2 N–H and O–H groups in total. The van der Waals surface area contributed by atoms with Gasteiger partial charge < -0.3 is 10.2 Å². The van der Waals surface area contributed by atoms with Crippen LogP contribution >= 0.6 is 0 Å². The van der Waals surface area contributed by atoms with Gasteiger partial charge in [0.2, 0.25) is 0 Å². The Balaban J connectivity index is 2.17. The zero-order valence-electron chi connectivity index (χ0n) is 10.2. The largest absolute Gasteiger partial charge is 0.508 e. The minimum atomic E-state index is -0.710. The molecule has 2 unspecified atom stereocenters. The highest BCUT2D eigenvalue weighted by Gasteiger charge is 2.20. The quantitative estimate of drug-likeness (QED) is 0.819. The monoisotopic (exact) mass is 230 g/mol. The van der Waals surface area contributed by atoms with Gasteiger partial charge in [0.25, 0.3) is 0 Å². The van der Waals surface area contributed by atoms with Crippen LogP contribution in [0.1, 0.15) is 31.7 Å². The third-order valence-electron chi connectivity index (χ3n) is 3.28. The molecular weight excluding hydrogens is 212 g/mol. The Morgan fingerprint density at radius 2 is 1.88 bits per heavy atom. The van der Waals surface area contributed by atoms with Gasteiger partial charge in [-0.3, -0.25) is 0 Å². The third-order valence-corrected chi connectivity index (χ3v) is 3.28. The van der Waals surface area contributed by atoms with Gasteiger partial charge in [0.1, 0.15) is 5.75 Å². The first-order valence-corrected chi connectivity index (χ1v) is 5.88. The zero-order chi connectivity index (χ0) is 12.5. The molecule has 1 aromatic rings. The lowest BCUT2D eigenvalue weighted by molar-refractivity contribution is 0.113.